The number of nitrogens with one attached hydrogen (secondary N) is 2. The number of amides is 2. The second-order valence-corrected chi connectivity index (χ2v) is 7.20. The highest BCUT2D eigenvalue weighted by molar-refractivity contribution is 6.00. The summed E-state index contributed by atoms with van der Waals surface area (Å²) < 4.78 is 5.18. The number of para-hydroxylation sites is 1. The molecule has 29 heavy (non-hydrogen) atoms. The number of anilines is 2. The van der Waals surface area contributed by atoms with Crippen LogP contribution in [0, 0.1) is 0 Å². The van der Waals surface area contributed by atoms with Crippen molar-refractivity contribution in [2.24, 2.45) is 0 Å². The van der Waals surface area contributed by atoms with Crippen molar-refractivity contribution in [1.29, 1.82) is 0 Å². The summed E-state index contributed by atoms with van der Waals surface area (Å²) >= 11 is 0. The van der Waals surface area contributed by atoms with Crippen molar-refractivity contribution in [2.45, 2.75) is 32.1 Å². The van der Waals surface area contributed by atoms with Crippen molar-refractivity contribution < 1.29 is 14.3 Å². The lowest BCUT2D eigenvalue weighted by Crippen LogP contribution is -2.34. The Labute approximate surface area is 172 Å². The maximum Gasteiger partial charge on any atom is 0.253 e. The maximum atomic E-state index is 12.7. The molecule has 0 aromatic heterocycles. The third kappa shape index (κ3) is 5.98. The first-order chi connectivity index (χ1) is 14.2. The molecule has 6 heteroatoms. The van der Waals surface area contributed by atoms with Gasteiger partial charge in [-0.25, -0.2) is 0 Å². The molecule has 1 heterocycles. The van der Waals surface area contributed by atoms with Crippen LogP contribution in [0.15, 0.2) is 48.5 Å². The van der Waals surface area contributed by atoms with E-state index in [1.54, 1.807) is 13.2 Å². The monoisotopic (exact) mass is 395 g/mol. The van der Waals surface area contributed by atoms with Gasteiger partial charge in [-0.3, -0.25) is 9.59 Å². The standard InChI is InChI=1S/C23H29N3O3/c1-29-19-13-11-18(12-14-19)25-21-9-5-4-8-20(21)23(28)24-15-7-17-26-16-6-2-3-10-22(26)27/h4-5,8-9,11-14,25H,2-3,6-7,10,15-17H2,1H3,(H,24,28). The van der Waals surface area contributed by atoms with Gasteiger partial charge in [-0.15, -0.1) is 0 Å². The van der Waals surface area contributed by atoms with Gasteiger partial charge >= 0.3 is 0 Å². The topological polar surface area (TPSA) is 70.7 Å². The van der Waals surface area contributed by atoms with Gasteiger partial charge < -0.3 is 20.3 Å². The van der Waals surface area contributed by atoms with Crippen LogP contribution in [-0.4, -0.2) is 43.5 Å². The second kappa shape index (κ2) is 10.5. The summed E-state index contributed by atoms with van der Waals surface area (Å²) in [5.41, 5.74) is 2.22. The smallest absolute Gasteiger partial charge is 0.253 e. The fourth-order valence-electron chi connectivity index (χ4n) is 3.46. The van der Waals surface area contributed by atoms with Gasteiger partial charge in [0, 0.05) is 31.7 Å². The Morgan fingerprint density at radius 2 is 1.86 bits per heavy atom. The number of carbonyl (C=O) groups is 2. The van der Waals surface area contributed by atoms with Gasteiger partial charge in [0.1, 0.15) is 5.75 Å². The van der Waals surface area contributed by atoms with Gasteiger partial charge in [-0.1, -0.05) is 18.6 Å². The fourth-order valence-corrected chi connectivity index (χ4v) is 3.46. The van der Waals surface area contributed by atoms with Crippen LogP contribution < -0.4 is 15.4 Å². The van der Waals surface area contributed by atoms with Crippen LogP contribution in [0.5, 0.6) is 5.75 Å². The van der Waals surface area contributed by atoms with Gasteiger partial charge in [-0.05, 0) is 55.7 Å². The molecule has 2 N–H and O–H groups in total. The maximum absolute atomic E-state index is 12.7. The highest BCUT2D eigenvalue weighted by atomic mass is 16.5. The lowest BCUT2D eigenvalue weighted by molar-refractivity contribution is -0.130. The van der Waals surface area contributed by atoms with E-state index in [1.807, 2.05) is 47.4 Å². The molecule has 154 valence electrons. The van der Waals surface area contributed by atoms with Gasteiger partial charge in [0.15, 0.2) is 0 Å². The van der Waals surface area contributed by atoms with Crippen molar-refractivity contribution in [3.05, 3.63) is 54.1 Å². The predicted octanol–water partition coefficient (Wildman–Crippen LogP) is 3.96. The van der Waals surface area contributed by atoms with E-state index < -0.39 is 0 Å². The average Bonchev–Trinajstić information content (AvgIpc) is 2.96. The number of rotatable bonds is 8. The largest absolute Gasteiger partial charge is 0.497 e. The Bertz CT molecular complexity index is 820. The molecular formula is C23H29N3O3. The van der Waals surface area contributed by atoms with Gasteiger partial charge in [0.2, 0.25) is 5.91 Å². The number of carbonyl (C=O) groups excluding carboxylic acids is 2. The van der Waals surface area contributed by atoms with Crippen LogP contribution in [0.1, 0.15) is 42.5 Å². The van der Waals surface area contributed by atoms with Crippen LogP contribution in [-0.2, 0) is 4.79 Å². The lowest BCUT2D eigenvalue weighted by atomic mass is 10.1. The third-order valence-electron chi connectivity index (χ3n) is 5.10. The van der Waals surface area contributed by atoms with Crippen LogP contribution >= 0.6 is 0 Å². The highest BCUT2D eigenvalue weighted by Crippen LogP contribution is 2.23. The lowest BCUT2D eigenvalue weighted by Gasteiger charge is -2.20. The second-order valence-electron chi connectivity index (χ2n) is 7.20. The summed E-state index contributed by atoms with van der Waals surface area (Å²) in [6.07, 6.45) is 4.59. The molecule has 2 amide bonds. The molecule has 0 atom stereocenters. The molecule has 6 nitrogen and oxygen atoms in total. The number of hydrogen-bond acceptors (Lipinski definition) is 4. The molecule has 0 spiro atoms. The first-order valence-electron chi connectivity index (χ1n) is 10.2. The zero-order chi connectivity index (χ0) is 20.5. The minimum absolute atomic E-state index is 0.121. The molecule has 0 saturated carbocycles. The van der Waals surface area contributed by atoms with Gasteiger partial charge in [-0.2, -0.15) is 0 Å². The van der Waals surface area contributed by atoms with Crippen molar-refractivity contribution >= 4 is 23.2 Å². The average molecular weight is 396 g/mol. The van der Waals surface area contributed by atoms with Crippen molar-refractivity contribution in [2.75, 3.05) is 32.1 Å². The Balaban J connectivity index is 1.53. The zero-order valence-electron chi connectivity index (χ0n) is 16.9. The molecule has 1 saturated heterocycles. The van der Waals surface area contributed by atoms with Gasteiger partial charge in [0.25, 0.3) is 5.91 Å². The van der Waals surface area contributed by atoms with Crippen LogP contribution in [0.3, 0.4) is 0 Å². The van der Waals surface area contributed by atoms with E-state index in [2.05, 4.69) is 10.6 Å². The summed E-state index contributed by atoms with van der Waals surface area (Å²) in [6, 6.07) is 15.0. The predicted molar refractivity (Wildman–Crippen MR) is 115 cm³/mol. The van der Waals surface area contributed by atoms with E-state index >= 15 is 0 Å². The van der Waals surface area contributed by atoms with E-state index in [4.69, 9.17) is 4.74 Å². The molecule has 1 aliphatic rings. The number of ether oxygens (including phenoxy) is 1. The van der Waals surface area contributed by atoms with Crippen LogP contribution in [0.2, 0.25) is 0 Å². The number of hydrogen-bond donors (Lipinski definition) is 2. The zero-order valence-corrected chi connectivity index (χ0v) is 16.9. The van der Waals surface area contributed by atoms with Gasteiger partial charge in [0.05, 0.1) is 18.4 Å². The van der Waals surface area contributed by atoms with Crippen molar-refractivity contribution in [3.8, 4) is 5.75 Å². The number of methoxy groups -OCH3 is 1. The third-order valence-corrected chi connectivity index (χ3v) is 5.10. The van der Waals surface area contributed by atoms with E-state index in [9.17, 15) is 9.59 Å². The van der Waals surface area contributed by atoms with E-state index in [-0.39, 0.29) is 11.8 Å². The molecule has 3 rings (SSSR count). The highest BCUT2D eigenvalue weighted by Gasteiger charge is 2.16. The summed E-state index contributed by atoms with van der Waals surface area (Å²) in [5.74, 6) is 0.899. The first-order valence-corrected chi connectivity index (χ1v) is 10.2. The molecule has 2 aromatic carbocycles. The summed E-state index contributed by atoms with van der Waals surface area (Å²) in [7, 11) is 1.63. The van der Waals surface area contributed by atoms with E-state index in [0.29, 0.717) is 25.1 Å². The SMILES string of the molecule is COc1ccc(Nc2ccccc2C(=O)NCCCN2CCCCCC2=O)cc1. The number of nitrogens with zero attached hydrogens (tertiary/aromatic N) is 1. The molecule has 2 aromatic rings. The molecule has 0 bridgehead atoms. The number of benzene rings is 2. The molecule has 0 unspecified atom stereocenters. The molecule has 1 aliphatic heterocycles. The number of likely N-dealkylation sites (tertiary alicyclic amines) is 1. The van der Waals surface area contributed by atoms with Crippen LogP contribution in [0.25, 0.3) is 0 Å². The Hall–Kier alpha value is -3.02. The molecule has 0 radical (unpaired) electrons. The molecule has 1 fully saturated rings. The van der Waals surface area contributed by atoms with E-state index in [0.717, 1.165) is 49.4 Å². The minimum atomic E-state index is -0.121. The van der Waals surface area contributed by atoms with Crippen molar-refractivity contribution in [1.82, 2.24) is 10.2 Å². The molecule has 0 aliphatic carbocycles. The van der Waals surface area contributed by atoms with Crippen LogP contribution in [0.4, 0.5) is 11.4 Å². The van der Waals surface area contributed by atoms with Crippen molar-refractivity contribution in [3.63, 3.8) is 0 Å². The fraction of sp³-hybridized carbons (Fsp3) is 0.391. The Morgan fingerprint density at radius 3 is 2.66 bits per heavy atom. The first kappa shape index (κ1) is 20.7. The minimum Gasteiger partial charge on any atom is -0.497 e. The summed E-state index contributed by atoms with van der Waals surface area (Å²) in [5, 5.41) is 6.27. The Morgan fingerprint density at radius 1 is 1.07 bits per heavy atom. The normalized spacial score (nSPS) is 14.2. The quantitative estimate of drug-likeness (QED) is 0.664. The summed E-state index contributed by atoms with van der Waals surface area (Å²) in [4.78, 5) is 26.6. The van der Waals surface area contributed by atoms with E-state index in [1.165, 1.54) is 0 Å². The summed E-state index contributed by atoms with van der Waals surface area (Å²) in [6.45, 7) is 2.08. The molecular weight excluding hydrogens is 366 g/mol. The Kier molecular flexibility index (Phi) is 7.50.